The predicted octanol–water partition coefficient (Wildman–Crippen LogP) is 6.35. The van der Waals surface area contributed by atoms with Crippen LogP contribution in [-0.2, 0) is 0 Å². The summed E-state index contributed by atoms with van der Waals surface area (Å²) in [5.41, 5.74) is 2.68. The van der Waals surface area contributed by atoms with Gasteiger partial charge in [0.2, 0.25) is 0 Å². The van der Waals surface area contributed by atoms with E-state index < -0.39 is 0 Å². The van der Waals surface area contributed by atoms with Gasteiger partial charge < -0.3 is 5.11 Å². The molecule has 0 aliphatic rings. The normalized spacial score (nSPS) is 13.0. The van der Waals surface area contributed by atoms with Crippen LogP contribution in [0.5, 0.6) is 0 Å². The molecule has 122 valence electrons. The first-order chi connectivity index (χ1) is 10.1. The quantitative estimate of drug-likeness (QED) is 0.310. The van der Waals surface area contributed by atoms with E-state index in [9.17, 15) is 5.11 Å². The monoisotopic (exact) mass is 292 g/mol. The maximum Gasteiger partial charge on any atom is 0.0723 e. The summed E-state index contributed by atoms with van der Waals surface area (Å²) in [5, 5.41) is 10.00. The Bertz CT molecular complexity index is 308. The average molecular weight is 293 g/mol. The van der Waals surface area contributed by atoms with E-state index in [0.717, 1.165) is 32.1 Å². The fraction of sp³-hybridized carbons (Fsp3) is 0.700. The second-order valence-electron chi connectivity index (χ2n) is 6.39. The third kappa shape index (κ3) is 15.4. The van der Waals surface area contributed by atoms with Crippen LogP contribution in [0.3, 0.4) is 0 Å². The van der Waals surface area contributed by atoms with E-state index in [1.165, 1.54) is 43.3 Å². The van der Waals surface area contributed by atoms with Crippen molar-refractivity contribution in [3.05, 3.63) is 36.0 Å². The van der Waals surface area contributed by atoms with E-state index in [-0.39, 0.29) is 6.10 Å². The molecule has 1 N–H and O–H groups in total. The summed E-state index contributed by atoms with van der Waals surface area (Å²) in [7, 11) is 0. The topological polar surface area (TPSA) is 20.2 Å². The lowest BCUT2D eigenvalue weighted by molar-refractivity contribution is 0.207. The third-order valence-corrected chi connectivity index (χ3v) is 3.73. The maximum absolute atomic E-state index is 10.00. The zero-order chi connectivity index (χ0) is 15.9. The minimum Gasteiger partial charge on any atom is -0.389 e. The Morgan fingerprint density at radius 3 is 2.19 bits per heavy atom. The van der Waals surface area contributed by atoms with Crippen molar-refractivity contribution < 1.29 is 5.11 Å². The van der Waals surface area contributed by atoms with E-state index in [2.05, 4.69) is 33.4 Å². The van der Waals surface area contributed by atoms with Gasteiger partial charge in [0.05, 0.1) is 6.10 Å². The number of rotatable bonds is 13. The summed E-state index contributed by atoms with van der Waals surface area (Å²) < 4.78 is 0. The second-order valence-corrected chi connectivity index (χ2v) is 6.39. The molecule has 0 amide bonds. The SMILES string of the molecule is C=CCCCCCCCC[C@H](O)/C=C(\C)CCC=C(C)C. The fourth-order valence-corrected chi connectivity index (χ4v) is 2.43. The van der Waals surface area contributed by atoms with Crippen molar-refractivity contribution in [1.82, 2.24) is 0 Å². The van der Waals surface area contributed by atoms with Crippen LogP contribution < -0.4 is 0 Å². The van der Waals surface area contributed by atoms with Gasteiger partial charge in [-0.15, -0.1) is 6.58 Å². The van der Waals surface area contributed by atoms with E-state index in [0.29, 0.717) is 0 Å². The van der Waals surface area contributed by atoms with Crippen LogP contribution in [0.25, 0.3) is 0 Å². The zero-order valence-corrected chi connectivity index (χ0v) is 14.5. The van der Waals surface area contributed by atoms with Crippen molar-refractivity contribution in [2.24, 2.45) is 0 Å². The first-order valence-corrected chi connectivity index (χ1v) is 8.66. The highest BCUT2D eigenvalue weighted by molar-refractivity contribution is 5.04. The highest BCUT2D eigenvalue weighted by Crippen LogP contribution is 2.13. The number of aliphatic hydroxyl groups excluding tert-OH is 1. The van der Waals surface area contributed by atoms with Gasteiger partial charge >= 0.3 is 0 Å². The molecule has 1 heteroatoms. The molecule has 0 spiro atoms. The van der Waals surface area contributed by atoms with Gasteiger partial charge in [-0.05, 0) is 52.9 Å². The third-order valence-electron chi connectivity index (χ3n) is 3.73. The van der Waals surface area contributed by atoms with Gasteiger partial charge in [-0.3, -0.25) is 0 Å². The van der Waals surface area contributed by atoms with Crippen LogP contribution in [0.2, 0.25) is 0 Å². The first kappa shape index (κ1) is 20.2. The molecule has 0 aromatic heterocycles. The Morgan fingerprint density at radius 2 is 1.57 bits per heavy atom. The van der Waals surface area contributed by atoms with Crippen molar-refractivity contribution in [1.29, 1.82) is 0 Å². The maximum atomic E-state index is 10.00. The van der Waals surface area contributed by atoms with Crippen molar-refractivity contribution in [2.75, 3.05) is 0 Å². The molecule has 21 heavy (non-hydrogen) atoms. The van der Waals surface area contributed by atoms with Gasteiger partial charge in [0.1, 0.15) is 0 Å². The molecule has 0 fully saturated rings. The second kappa shape index (κ2) is 14.1. The minimum atomic E-state index is -0.252. The van der Waals surface area contributed by atoms with Gasteiger partial charge in [-0.1, -0.05) is 61.5 Å². The largest absolute Gasteiger partial charge is 0.389 e. The molecule has 0 aromatic rings. The molecule has 0 rings (SSSR count). The molecule has 0 unspecified atom stereocenters. The molecule has 0 aliphatic heterocycles. The fourth-order valence-electron chi connectivity index (χ4n) is 2.43. The average Bonchev–Trinajstić information content (AvgIpc) is 2.41. The molecule has 0 bridgehead atoms. The number of hydrogen-bond acceptors (Lipinski definition) is 1. The Balaban J connectivity index is 3.57. The minimum absolute atomic E-state index is 0.252. The molecule has 0 heterocycles. The van der Waals surface area contributed by atoms with E-state index >= 15 is 0 Å². The lowest BCUT2D eigenvalue weighted by Gasteiger charge is -2.08. The van der Waals surface area contributed by atoms with Crippen LogP contribution in [-0.4, -0.2) is 11.2 Å². The van der Waals surface area contributed by atoms with Crippen LogP contribution in [0.15, 0.2) is 36.0 Å². The molecule has 1 nitrogen and oxygen atoms in total. The molecule has 0 saturated heterocycles. The van der Waals surface area contributed by atoms with Gasteiger partial charge in [-0.2, -0.15) is 0 Å². The molecule has 0 radical (unpaired) electrons. The summed E-state index contributed by atoms with van der Waals surface area (Å²) in [4.78, 5) is 0. The van der Waals surface area contributed by atoms with Crippen molar-refractivity contribution >= 4 is 0 Å². The predicted molar refractivity (Wildman–Crippen MR) is 95.6 cm³/mol. The van der Waals surface area contributed by atoms with E-state index in [1.807, 2.05) is 12.2 Å². The van der Waals surface area contributed by atoms with Gasteiger partial charge in [-0.25, -0.2) is 0 Å². The van der Waals surface area contributed by atoms with Crippen molar-refractivity contribution in [3.8, 4) is 0 Å². The van der Waals surface area contributed by atoms with Gasteiger partial charge in [0.25, 0.3) is 0 Å². The summed E-state index contributed by atoms with van der Waals surface area (Å²) in [6, 6.07) is 0. The molecule has 0 saturated carbocycles. The van der Waals surface area contributed by atoms with Crippen LogP contribution in [0.1, 0.15) is 85.0 Å². The van der Waals surface area contributed by atoms with Gasteiger partial charge in [0.15, 0.2) is 0 Å². The Kier molecular flexibility index (Phi) is 13.6. The summed E-state index contributed by atoms with van der Waals surface area (Å²) >= 11 is 0. The Labute approximate surface area is 132 Å². The Morgan fingerprint density at radius 1 is 0.952 bits per heavy atom. The highest BCUT2D eigenvalue weighted by Gasteiger charge is 2.01. The summed E-state index contributed by atoms with van der Waals surface area (Å²) in [5.74, 6) is 0. The van der Waals surface area contributed by atoms with Crippen LogP contribution in [0.4, 0.5) is 0 Å². The standard InChI is InChI=1S/C20H36O/c1-5-6-7-8-9-10-11-12-16-20(21)17-19(4)15-13-14-18(2)3/h5,14,17,20-21H,1,6-13,15-16H2,2-4H3/b19-17+/t20-/m0/s1. The first-order valence-electron chi connectivity index (χ1n) is 8.66. The molecular formula is C20H36O. The zero-order valence-electron chi connectivity index (χ0n) is 14.5. The number of hydrogen-bond donors (Lipinski definition) is 1. The van der Waals surface area contributed by atoms with E-state index in [1.54, 1.807) is 0 Å². The molecule has 0 aromatic carbocycles. The molecule has 1 atom stereocenters. The number of aliphatic hydroxyl groups is 1. The lowest BCUT2D eigenvalue weighted by atomic mass is 10.0. The summed E-state index contributed by atoms with van der Waals surface area (Å²) in [6.07, 6.45) is 17.9. The molecule has 0 aliphatic carbocycles. The van der Waals surface area contributed by atoms with Crippen LogP contribution in [0, 0.1) is 0 Å². The molecular weight excluding hydrogens is 256 g/mol. The summed E-state index contributed by atoms with van der Waals surface area (Å²) in [6.45, 7) is 10.1. The highest BCUT2D eigenvalue weighted by atomic mass is 16.3. The lowest BCUT2D eigenvalue weighted by Crippen LogP contribution is -2.03. The van der Waals surface area contributed by atoms with Crippen LogP contribution >= 0.6 is 0 Å². The number of unbranched alkanes of at least 4 members (excludes halogenated alkanes) is 6. The van der Waals surface area contributed by atoms with E-state index in [4.69, 9.17) is 0 Å². The number of allylic oxidation sites excluding steroid dienone is 4. The van der Waals surface area contributed by atoms with Crippen molar-refractivity contribution in [2.45, 2.75) is 91.1 Å². The van der Waals surface area contributed by atoms with Crippen molar-refractivity contribution in [3.63, 3.8) is 0 Å². The Hall–Kier alpha value is -0.820. The van der Waals surface area contributed by atoms with Gasteiger partial charge in [0, 0.05) is 0 Å². The smallest absolute Gasteiger partial charge is 0.0723 e.